The van der Waals surface area contributed by atoms with E-state index in [1.165, 1.54) is 6.07 Å². The van der Waals surface area contributed by atoms with Gasteiger partial charge in [0.2, 0.25) is 0 Å². The molecule has 1 aromatic carbocycles. The number of carbonyl (C=O) groups is 1. The van der Waals surface area contributed by atoms with Crippen molar-refractivity contribution in [1.82, 2.24) is 5.32 Å². The van der Waals surface area contributed by atoms with E-state index in [4.69, 9.17) is 4.42 Å². The van der Waals surface area contributed by atoms with Crippen molar-refractivity contribution in [1.29, 1.82) is 0 Å². The lowest BCUT2D eigenvalue weighted by atomic mass is 10.1. The van der Waals surface area contributed by atoms with Crippen LogP contribution in [-0.2, 0) is 6.42 Å². The molecule has 1 atom stereocenters. The van der Waals surface area contributed by atoms with Gasteiger partial charge >= 0.3 is 0 Å². The van der Waals surface area contributed by atoms with Crippen LogP contribution in [0.4, 0.5) is 11.4 Å². The van der Waals surface area contributed by atoms with Gasteiger partial charge in [-0.2, -0.15) is 0 Å². The third kappa shape index (κ3) is 4.59. The number of carbonyl (C=O) groups excluding carboxylic acids is 1. The van der Waals surface area contributed by atoms with Crippen LogP contribution >= 0.6 is 0 Å². The number of nitro groups is 1. The molecule has 1 saturated carbocycles. The van der Waals surface area contributed by atoms with E-state index in [-0.39, 0.29) is 23.7 Å². The van der Waals surface area contributed by atoms with Gasteiger partial charge in [-0.05, 0) is 50.5 Å². The molecule has 1 aliphatic carbocycles. The Hall–Kier alpha value is -2.83. The molecule has 2 N–H and O–H groups in total. The highest BCUT2D eigenvalue weighted by Gasteiger charge is 2.25. The van der Waals surface area contributed by atoms with Crippen molar-refractivity contribution in [3.63, 3.8) is 0 Å². The van der Waals surface area contributed by atoms with Crippen LogP contribution in [0.15, 0.2) is 41.0 Å². The molecule has 7 heteroatoms. The smallest absolute Gasteiger partial charge is 0.293 e. The number of rotatable bonds is 8. The molecule has 0 saturated heterocycles. The van der Waals surface area contributed by atoms with Crippen LogP contribution in [0, 0.1) is 10.1 Å². The number of hydrogen-bond donors (Lipinski definition) is 2. The number of benzene rings is 1. The fraction of sp³-hybridized carbons (Fsp3) is 0.389. The summed E-state index contributed by atoms with van der Waals surface area (Å²) < 4.78 is 5.29. The van der Waals surface area contributed by atoms with Crippen molar-refractivity contribution in [2.45, 2.75) is 44.7 Å². The largest absolute Gasteiger partial charge is 0.469 e. The van der Waals surface area contributed by atoms with E-state index in [0.717, 1.165) is 31.4 Å². The summed E-state index contributed by atoms with van der Waals surface area (Å²) in [6.07, 6.45) is 5.09. The maximum Gasteiger partial charge on any atom is 0.293 e. The summed E-state index contributed by atoms with van der Waals surface area (Å²) in [5.74, 6) is 0.623. The normalized spacial score (nSPS) is 14.8. The zero-order valence-electron chi connectivity index (χ0n) is 14.0. The molecule has 7 nitrogen and oxygen atoms in total. The predicted molar refractivity (Wildman–Crippen MR) is 93.7 cm³/mol. The second-order valence-electron chi connectivity index (χ2n) is 6.40. The molecule has 1 fully saturated rings. The average Bonchev–Trinajstić information content (AvgIpc) is 3.24. The first-order chi connectivity index (χ1) is 12.0. The third-order valence-corrected chi connectivity index (χ3v) is 4.17. The first-order valence-electron chi connectivity index (χ1n) is 8.41. The summed E-state index contributed by atoms with van der Waals surface area (Å²) in [5.41, 5.74) is 0.639. The zero-order valence-corrected chi connectivity index (χ0v) is 14.0. The van der Waals surface area contributed by atoms with Gasteiger partial charge < -0.3 is 15.1 Å². The third-order valence-electron chi connectivity index (χ3n) is 4.17. The number of amides is 1. The average molecular weight is 343 g/mol. The molecule has 25 heavy (non-hydrogen) atoms. The Bertz CT molecular complexity index is 754. The van der Waals surface area contributed by atoms with E-state index in [1.54, 1.807) is 18.4 Å². The minimum absolute atomic E-state index is 0.0231. The Morgan fingerprint density at radius 1 is 1.40 bits per heavy atom. The van der Waals surface area contributed by atoms with Crippen LogP contribution in [0.5, 0.6) is 0 Å². The zero-order chi connectivity index (χ0) is 17.8. The van der Waals surface area contributed by atoms with Gasteiger partial charge in [0, 0.05) is 30.1 Å². The monoisotopic (exact) mass is 343 g/mol. The summed E-state index contributed by atoms with van der Waals surface area (Å²) >= 11 is 0. The van der Waals surface area contributed by atoms with Crippen LogP contribution in [0.1, 0.15) is 42.3 Å². The standard InChI is InChI=1S/C18H21N3O4/c1-12(4-8-15-3-2-10-25-15)19-16-9-5-13(11-17(16)21(23)24)18(22)20-14-6-7-14/h2-3,5,9-12,14,19H,4,6-8H2,1H3,(H,20,22)/t12-/m0/s1. The Morgan fingerprint density at radius 2 is 2.20 bits per heavy atom. The Labute approximate surface area is 145 Å². The van der Waals surface area contributed by atoms with Crippen molar-refractivity contribution >= 4 is 17.3 Å². The van der Waals surface area contributed by atoms with Gasteiger partial charge in [-0.3, -0.25) is 14.9 Å². The summed E-state index contributed by atoms with van der Waals surface area (Å²) in [6, 6.07) is 8.53. The molecular formula is C18H21N3O4. The highest BCUT2D eigenvalue weighted by Crippen LogP contribution is 2.27. The molecule has 0 aliphatic heterocycles. The topological polar surface area (TPSA) is 97.4 Å². The molecular weight excluding hydrogens is 322 g/mol. The van der Waals surface area contributed by atoms with E-state index < -0.39 is 4.92 Å². The van der Waals surface area contributed by atoms with E-state index in [0.29, 0.717) is 11.3 Å². The number of anilines is 1. The summed E-state index contributed by atoms with van der Waals surface area (Å²) in [4.78, 5) is 23.0. The van der Waals surface area contributed by atoms with Gasteiger partial charge in [0.1, 0.15) is 11.4 Å². The van der Waals surface area contributed by atoms with E-state index in [1.807, 2.05) is 19.1 Å². The maximum atomic E-state index is 12.1. The molecule has 0 spiro atoms. The number of hydrogen-bond acceptors (Lipinski definition) is 5. The lowest BCUT2D eigenvalue weighted by Gasteiger charge is -2.15. The Morgan fingerprint density at radius 3 is 2.84 bits per heavy atom. The van der Waals surface area contributed by atoms with Crippen LogP contribution in [0.25, 0.3) is 0 Å². The molecule has 1 heterocycles. The van der Waals surface area contributed by atoms with Gasteiger partial charge in [-0.1, -0.05) is 0 Å². The van der Waals surface area contributed by atoms with E-state index in [2.05, 4.69) is 10.6 Å². The number of nitrogens with one attached hydrogen (secondary N) is 2. The number of nitro benzene ring substituents is 1. The number of furan rings is 1. The van der Waals surface area contributed by atoms with Gasteiger partial charge in [-0.25, -0.2) is 0 Å². The lowest BCUT2D eigenvalue weighted by Crippen LogP contribution is -2.25. The SMILES string of the molecule is C[C@@H](CCc1ccco1)Nc1ccc(C(=O)NC2CC2)cc1[N+](=O)[O-]. The maximum absolute atomic E-state index is 12.1. The van der Waals surface area contributed by atoms with Crippen LogP contribution < -0.4 is 10.6 Å². The Kier molecular flexibility index (Phi) is 5.02. The first kappa shape index (κ1) is 17.0. The second-order valence-corrected chi connectivity index (χ2v) is 6.40. The summed E-state index contributed by atoms with van der Waals surface area (Å²) in [6.45, 7) is 1.96. The van der Waals surface area contributed by atoms with Crippen molar-refractivity contribution in [2.75, 3.05) is 5.32 Å². The fourth-order valence-corrected chi connectivity index (χ4v) is 2.59. The van der Waals surface area contributed by atoms with Gasteiger partial charge in [0.25, 0.3) is 11.6 Å². The van der Waals surface area contributed by atoms with Gasteiger partial charge in [0.05, 0.1) is 11.2 Å². The molecule has 0 radical (unpaired) electrons. The van der Waals surface area contributed by atoms with Crippen molar-refractivity contribution < 1.29 is 14.1 Å². The van der Waals surface area contributed by atoms with Gasteiger partial charge in [-0.15, -0.1) is 0 Å². The van der Waals surface area contributed by atoms with E-state index >= 15 is 0 Å². The molecule has 0 bridgehead atoms. The van der Waals surface area contributed by atoms with Crippen molar-refractivity contribution in [3.05, 3.63) is 58.0 Å². The van der Waals surface area contributed by atoms with Gasteiger partial charge in [0.15, 0.2) is 0 Å². The Balaban J connectivity index is 1.66. The molecule has 132 valence electrons. The molecule has 1 amide bonds. The highest BCUT2D eigenvalue weighted by molar-refractivity contribution is 5.96. The number of nitrogens with zero attached hydrogens (tertiary/aromatic N) is 1. The van der Waals surface area contributed by atoms with E-state index in [9.17, 15) is 14.9 Å². The predicted octanol–water partition coefficient (Wildman–Crippen LogP) is 3.51. The van der Waals surface area contributed by atoms with Crippen molar-refractivity contribution in [2.24, 2.45) is 0 Å². The second kappa shape index (κ2) is 7.38. The molecule has 1 aromatic heterocycles. The highest BCUT2D eigenvalue weighted by atomic mass is 16.6. The molecule has 3 rings (SSSR count). The number of aryl methyl sites for hydroxylation is 1. The van der Waals surface area contributed by atoms with Crippen molar-refractivity contribution in [3.8, 4) is 0 Å². The first-order valence-corrected chi connectivity index (χ1v) is 8.41. The molecule has 0 unspecified atom stereocenters. The van der Waals surface area contributed by atoms with Crippen LogP contribution in [-0.4, -0.2) is 22.9 Å². The van der Waals surface area contributed by atoms with Crippen LogP contribution in [0.2, 0.25) is 0 Å². The molecule has 2 aromatic rings. The summed E-state index contributed by atoms with van der Waals surface area (Å²) in [7, 11) is 0. The fourth-order valence-electron chi connectivity index (χ4n) is 2.59. The van der Waals surface area contributed by atoms with Crippen LogP contribution in [0.3, 0.4) is 0 Å². The summed E-state index contributed by atoms with van der Waals surface area (Å²) in [5, 5.41) is 17.4. The minimum Gasteiger partial charge on any atom is -0.469 e. The molecule has 1 aliphatic rings. The lowest BCUT2D eigenvalue weighted by molar-refractivity contribution is -0.384. The minimum atomic E-state index is -0.463. The quantitative estimate of drug-likeness (QED) is 0.564.